The first-order valence-corrected chi connectivity index (χ1v) is 6.82. The Morgan fingerprint density at radius 2 is 2.16 bits per heavy atom. The molecule has 0 aliphatic carbocycles. The molecule has 0 heterocycles. The summed E-state index contributed by atoms with van der Waals surface area (Å²) in [7, 11) is 0. The Morgan fingerprint density at radius 1 is 1.42 bits per heavy atom. The third-order valence-electron chi connectivity index (χ3n) is 3.18. The van der Waals surface area contributed by atoms with Crippen LogP contribution < -0.4 is 10.5 Å². The van der Waals surface area contributed by atoms with E-state index in [0.29, 0.717) is 23.9 Å². The Bertz CT molecular complexity index is 407. The molecule has 0 aliphatic heterocycles. The molecule has 1 atom stereocenters. The van der Waals surface area contributed by atoms with Crippen molar-refractivity contribution < 1.29 is 9.53 Å². The summed E-state index contributed by atoms with van der Waals surface area (Å²) in [6, 6.07) is 7.12. The molecule has 1 amide bonds. The van der Waals surface area contributed by atoms with E-state index >= 15 is 0 Å². The van der Waals surface area contributed by atoms with E-state index in [9.17, 15) is 4.79 Å². The van der Waals surface area contributed by atoms with Gasteiger partial charge in [-0.2, -0.15) is 0 Å². The number of nitrogens with two attached hydrogens (primary N) is 1. The van der Waals surface area contributed by atoms with E-state index in [1.165, 1.54) is 0 Å². The van der Waals surface area contributed by atoms with Crippen molar-refractivity contribution in [2.45, 2.75) is 27.2 Å². The van der Waals surface area contributed by atoms with Gasteiger partial charge in [0.15, 0.2) is 6.61 Å². The van der Waals surface area contributed by atoms with Crippen molar-refractivity contribution in [2.75, 3.05) is 25.4 Å². The van der Waals surface area contributed by atoms with Crippen molar-refractivity contribution in [3.63, 3.8) is 0 Å². The van der Waals surface area contributed by atoms with Crippen LogP contribution in [0.3, 0.4) is 0 Å². The lowest BCUT2D eigenvalue weighted by atomic mass is 10.1. The number of likely N-dealkylation sites (N-methyl/N-ethyl adjacent to an activating group) is 1. The van der Waals surface area contributed by atoms with Crippen molar-refractivity contribution in [1.29, 1.82) is 0 Å². The van der Waals surface area contributed by atoms with Crippen LogP contribution in [0.25, 0.3) is 0 Å². The first-order valence-electron chi connectivity index (χ1n) is 6.82. The molecular formula is C15H24N2O2. The number of hydrogen-bond donors (Lipinski definition) is 1. The van der Waals surface area contributed by atoms with Gasteiger partial charge in [-0.1, -0.05) is 26.3 Å². The highest BCUT2D eigenvalue weighted by molar-refractivity contribution is 5.77. The smallest absolute Gasteiger partial charge is 0.260 e. The van der Waals surface area contributed by atoms with Crippen molar-refractivity contribution in [2.24, 2.45) is 5.92 Å². The van der Waals surface area contributed by atoms with Gasteiger partial charge < -0.3 is 15.4 Å². The minimum Gasteiger partial charge on any atom is -0.484 e. The van der Waals surface area contributed by atoms with Crippen molar-refractivity contribution in [3.05, 3.63) is 24.3 Å². The third kappa shape index (κ3) is 5.20. The van der Waals surface area contributed by atoms with Gasteiger partial charge in [0.1, 0.15) is 5.75 Å². The van der Waals surface area contributed by atoms with E-state index in [1.54, 1.807) is 18.2 Å². The molecule has 4 heteroatoms. The van der Waals surface area contributed by atoms with Gasteiger partial charge in [-0.05, 0) is 25.0 Å². The summed E-state index contributed by atoms with van der Waals surface area (Å²) in [4.78, 5) is 13.9. The fourth-order valence-corrected chi connectivity index (χ4v) is 1.75. The minimum absolute atomic E-state index is 0.0187. The van der Waals surface area contributed by atoms with Gasteiger partial charge in [-0.3, -0.25) is 4.79 Å². The molecule has 19 heavy (non-hydrogen) atoms. The fourth-order valence-electron chi connectivity index (χ4n) is 1.75. The second-order valence-electron chi connectivity index (χ2n) is 4.81. The fraction of sp³-hybridized carbons (Fsp3) is 0.533. The molecule has 4 nitrogen and oxygen atoms in total. The van der Waals surface area contributed by atoms with Crippen LogP contribution in [0.15, 0.2) is 24.3 Å². The first-order chi connectivity index (χ1) is 9.06. The van der Waals surface area contributed by atoms with Gasteiger partial charge >= 0.3 is 0 Å². The molecule has 0 spiro atoms. The number of nitrogens with zero attached hydrogens (tertiary/aromatic N) is 1. The van der Waals surface area contributed by atoms with E-state index in [1.807, 2.05) is 17.9 Å². The Balaban J connectivity index is 2.49. The molecule has 2 N–H and O–H groups in total. The molecule has 0 saturated heterocycles. The molecule has 0 bridgehead atoms. The van der Waals surface area contributed by atoms with E-state index in [-0.39, 0.29) is 12.5 Å². The number of anilines is 1. The summed E-state index contributed by atoms with van der Waals surface area (Å²) in [5.41, 5.74) is 6.30. The van der Waals surface area contributed by atoms with Gasteiger partial charge in [0.25, 0.3) is 5.91 Å². The number of hydrogen-bond acceptors (Lipinski definition) is 3. The summed E-state index contributed by atoms with van der Waals surface area (Å²) in [6.45, 7) is 7.82. The van der Waals surface area contributed by atoms with Gasteiger partial charge in [-0.15, -0.1) is 0 Å². The van der Waals surface area contributed by atoms with Crippen LogP contribution in [-0.4, -0.2) is 30.5 Å². The number of carbonyl (C=O) groups excluding carboxylic acids is 1. The molecule has 1 unspecified atom stereocenters. The lowest BCUT2D eigenvalue weighted by Gasteiger charge is -2.24. The molecule has 0 radical (unpaired) electrons. The normalized spacial score (nSPS) is 11.9. The maximum Gasteiger partial charge on any atom is 0.260 e. The van der Waals surface area contributed by atoms with Crippen LogP contribution in [0, 0.1) is 5.92 Å². The molecule has 1 aromatic carbocycles. The van der Waals surface area contributed by atoms with Crippen LogP contribution in [0.5, 0.6) is 5.75 Å². The maximum atomic E-state index is 12.1. The molecule has 0 aromatic heterocycles. The zero-order valence-corrected chi connectivity index (χ0v) is 12.1. The zero-order valence-electron chi connectivity index (χ0n) is 12.1. The van der Waals surface area contributed by atoms with Crippen LogP contribution in [0.4, 0.5) is 5.69 Å². The molecular weight excluding hydrogens is 240 g/mol. The molecule has 0 fully saturated rings. The van der Waals surface area contributed by atoms with Crippen LogP contribution >= 0.6 is 0 Å². The highest BCUT2D eigenvalue weighted by atomic mass is 16.5. The summed E-state index contributed by atoms with van der Waals surface area (Å²) >= 11 is 0. The standard InChI is InChI=1S/C15H24N2O2/c1-4-12(3)10-17(5-2)15(18)11-19-14-8-6-7-13(16)9-14/h6-9,12H,4-5,10-11,16H2,1-3H3. The average molecular weight is 264 g/mol. The highest BCUT2D eigenvalue weighted by Crippen LogP contribution is 2.14. The predicted molar refractivity (Wildman–Crippen MR) is 78.1 cm³/mol. The molecule has 1 aromatic rings. The third-order valence-corrected chi connectivity index (χ3v) is 3.18. The Kier molecular flexibility index (Phi) is 6.19. The minimum atomic E-state index is 0.0187. The Morgan fingerprint density at radius 3 is 2.74 bits per heavy atom. The monoisotopic (exact) mass is 264 g/mol. The number of ether oxygens (including phenoxy) is 1. The van der Waals surface area contributed by atoms with Gasteiger partial charge in [0, 0.05) is 24.8 Å². The van der Waals surface area contributed by atoms with E-state index < -0.39 is 0 Å². The quantitative estimate of drug-likeness (QED) is 0.770. The van der Waals surface area contributed by atoms with E-state index in [2.05, 4.69) is 13.8 Å². The summed E-state index contributed by atoms with van der Waals surface area (Å²) in [5.74, 6) is 1.16. The van der Waals surface area contributed by atoms with Gasteiger partial charge in [0.2, 0.25) is 0 Å². The molecule has 0 saturated carbocycles. The van der Waals surface area contributed by atoms with E-state index in [4.69, 9.17) is 10.5 Å². The predicted octanol–water partition coefficient (Wildman–Crippen LogP) is 2.54. The zero-order chi connectivity index (χ0) is 14.3. The number of benzene rings is 1. The first kappa shape index (κ1) is 15.3. The number of carbonyl (C=O) groups is 1. The van der Waals surface area contributed by atoms with Crippen molar-refractivity contribution in [3.8, 4) is 5.75 Å². The SMILES string of the molecule is CCC(C)CN(CC)C(=O)COc1cccc(N)c1. The Hall–Kier alpha value is -1.71. The number of rotatable bonds is 7. The lowest BCUT2D eigenvalue weighted by Crippen LogP contribution is -2.37. The molecule has 0 aliphatic rings. The molecule has 1 rings (SSSR count). The van der Waals surface area contributed by atoms with Crippen LogP contribution in [0.2, 0.25) is 0 Å². The summed E-state index contributed by atoms with van der Waals surface area (Å²) in [6.07, 6.45) is 1.07. The number of nitrogen functional groups attached to an aromatic ring is 1. The van der Waals surface area contributed by atoms with Crippen molar-refractivity contribution >= 4 is 11.6 Å². The van der Waals surface area contributed by atoms with Crippen molar-refractivity contribution in [1.82, 2.24) is 4.90 Å². The van der Waals surface area contributed by atoms with Gasteiger partial charge in [-0.25, -0.2) is 0 Å². The van der Waals surface area contributed by atoms with E-state index in [0.717, 1.165) is 13.0 Å². The number of amides is 1. The maximum absolute atomic E-state index is 12.1. The lowest BCUT2D eigenvalue weighted by molar-refractivity contribution is -0.133. The second-order valence-corrected chi connectivity index (χ2v) is 4.81. The van der Waals surface area contributed by atoms with Gasteiger partial charge in [0.05, 0.1) is 0 Å². The summed E-state index contributed by atoms with van der Waals surface area (Å²) < 4.78 is 5.48. The average Bonchev–Trinajstić information content (AvgIpc) is 2.41. The molecule has 106 valence electrons. The Labute approximate surface area is 115 Å². The summed E-state index contributed by atoms with van der Waals surface area (Å²) in [5, 5.41) is 0. The van der Waals surface area contributed by atoms with Crippen LogP contribution in [-0.2, 0) is 4.79 Å². The van der Waals surface area contributed by atoms with Crippen LogP contribution in [0.1, 0.15) is 27.2 Å². The highest BCUT2D eigenvalue weighted by Gasteiger charge is 2.14. The topological polar surface area (TPSA) is 55.6 Å². The second kappa shape index (κ2) is 7.67. The largest absolute Gasteiger partial charge is 0.484 e.